The standard InChI is InChI=1S/C22H23F5N6O2/c23-21(24)11-33(12-21)20-29-16(13-2-5-32(9-13)19(34)14-3-6-35-10-14)8-18(31-20)30-17-7-15(1-4-28-17)22(25,26)27/h1,4,7-8,13-14H,2-3,5-6,9-12H2,(H,28,29,30,31). The lowest BCUT2D eigenvalue weighted by Gasteiger charge is -2.38. The fraction of sp³-hybridized carbons (Fsp3) is 0.545. The van der Waals surface area contributed by atoms with E-state index < -0.39 is 30.8 Å². The van der Waals surface area contributed by atoms with Gasteiger partial charge in [0.2, 0.25) is 11.9 Å². The second kappa shape index (κ2) is 8.85. The molecular formula is C22H23F5N6O2. The van der Waals surface area contributed by atoms with Gasteiger partial charge in [0.1, 0.15) is 11.6 Å². The van der Waals surface area contributed by atoms with Gasteiger partial charge in [-0.3, -0.25) is 4.79 Å². The second-order valence-corrected chi connectivity index (χ2v) is 9.07. The maximum absolute atomic E-state index is 13.5. The van der Waals surface area contributed by atoms with Crippen molar-refractivity contribution in [3.63, 3.8) is 0 Å². The first-order valence-electron chi connectivity index (χ1n) is 11.3. The largest absolute Gasteiger partial charge is 0.416 e. The first-order valence-corrected chi connectivity index (χ1v) is 11.3. The van der Waals surface area contributed by atoms with Crippen molar-refractivity contribution in [3.05, 3.63) is 35.7 Å². The molecule has 2 unspecified atom stereocenters. The lowest BCUT2D eigenvalue weighted by Crippen LogP contribution is -2.57. The van der Waals surface area contributed by atoms with Gasteiger partial charge >= 0.3 is 6.18 Å². The number of amides is 1. The van der Waals surface area contributed by atoms with Crippen molar-refractivity contribution in [1.29, 1.82) is 0 Å². The number of likely N-dealkylation sites (tertiary alicyclic amines) is 1. The van der Waals surface area contributed by atoms with Crippen LogP contribution in [0.5, 0.6) is 0 Å². The predicted octanol–water partition coefficient (Wildman–Crippen LogP) is 3.44. The van der Waals surface area contributed by atoms with Crippen LogP contribution < -0.4 is 10.2 Å². The molecule has 0 spiro atoms. The molecule has 0 radical (unpaired) electrons. The summed E-state index contributed by atoms with van der Waals surface area (Å²) in [5.41, 5.74) is -0.356. The number of nitrogens with zero attached hydrogens (tertiary/aromatic N) is 5. The molecule has 5 rings (SSSR count). The first-order chi connectivity index (χ1) is 16.6. The highest BCUT2D eigenvalue weighted by atomic mass is 19.4. The minimum atomic E-state index is -4.55. The molecule has 3 saturated heterocycles. The first kappa shape index (κ1) is 23.6. The number of anilines is 3. The maximum atomic E-state index is 13.5. The van der Waals surface area contributed by atoms with Gasteiger partial charge in [0.25, 0.3) is 5.92 Å². The molecule has 1 N–H and O–H groups in total. The summed E-state index contributed by atoms with van der Waals surface area (Å²) in [5.74, 6) is -3.06. The number of carbonyl (C=O) groups excluding carboxylic acids is 1. The van der Waals surface area contributed by atoms with Crippen LogP contribution in [0.1, 0.15) is 30.0 Å². The van der Waals surface area contributed by atoms with Crippen molar-refractivity contribution in [2.75, 3.05) is 49.6 Å². The average Bonchev–Trinajstić information content (AvgIpc) is 3.49. The van der Waals surface area contributed by atoms with E-state index in [2.05, 4.69) is 20.3 Å². The molecule has 3 fully saturated rings. The maximum Gasteiger partial charge on any atom is 0.416 e. The van der Waals surface area contributed by atoms with E-state index in [-0.39, 0.29) is 35.3 Å². The number of hydrogen-bond donors (Lipinski definition) is 1. The zero-order chi connectivity index (χ0) is 24.8. The van der Waals surface area contributed by atoms with E-state index in [0.717, 1.165) is 18.3 Å². The van der Waals surface area contributed by atoms with Crippen molar-refractivity contribution >= 4 is 23.5 Å². The number of alkyl halides is 5. The minimum Gasteiger partial charge on any atom is -0.381 e. The number of nitrogens with one attached hydrogen (secondary N) is 1. The molecule has 0 saturated carbocycles. The Morgan fingerprint density at radius 2 is 1.94 bits per heavy atom. The molecule has 2 aromatic rings. The molecule has 0 bridgehead atoms. The zero-order valence-corrected chi connectivity index (χ0v) is 18.6. The van der Waals surface area contributed by atoms with Crippen LogP contribution in [0.15, 0.2) is 24.4 Å². The van der Waals surface area contributed by atoms with Gasteiger partial charge in [-0.1, -0.05) is 0 Å². The van der Waals surface area contributed by atoms with Crippen molar-refractivity contribution in [2.45, 2.75) is 30.9 Å². The van der Waals surface area contributed by atoms with Crippen LogP contribution in [-0.4, -0.2) is 71.1 Å². The summed E-state index contributed by atoms with van der Waals surface area (Å²) >= 11 is 0. The highest BCUT2D eigenvalue weighted by Crippen LogP contribution is 2.35. The van der Waals surface area contributed by atoms with Gasteiger partial charge in [-0.2, -0.15) is 18.2 Å². The summed E-state index contributed by atoms with van der Waals surface area (Å²) in [6.45, 7) is 0.798. The molecule has 13 heteroatoms. The number of aromatic nitrogens is 3. The van der Waals surface area contributed by atoms with Gasteiger partial charge in [-0.05, 0) is 25.0 Å². The third-order valence-electron chi connectivity index (χ3n) is 6.40. The smallest absolute Gasteiger partial charge is 0.381 e. The third-order valence-corrected chi connectivity index (χ3v) is 6.40. The molecule has 3 aliphatic rings. The lowest BCUT2D eigenvalue weighted by atomic mass is 10.0. The second-order valence-electron chi connectivity index (χ2n) is 9.07. The van der Waals surface area contributed by atoms with Crippen LogP contribution in [0.3, 0.4) is 0 Å². The Morgan fingerprint density at radius 3 is 2.63 bits per heavy atom. The van der Waals surface area contributed by atoms with Crippen LogP contribution >= 0.6 is 0 Å². The van der Waals surface area contributed by atoms with Gasteiger partial charge in [0.15, 0.2) is 0 Å². The van der Waals surface area contributed by atoms with E-state index in [1.807, 2.05) is 0 Å². The van der Waals surface area contributed by atoms with Gasteiger partial charge in [0.05, 0.1) is 36.9 Å². The van der Waals surface area contributed by atoms with Crippen LogP contribution in [0.4, 0.5) is 39.5 Å². The van der Waals surface area contributed by atoms with Crippen molar-refractivity contribution in [3.8, 4) is 0 Å². The van der Waals surface area contributed by atoms with Crippen LogP contribution in [0, 0.1) is 5.92 Å². The molecule has 0 aromatic carbocycles. The Morgan fingerprint density at radius 1 is 1.14 bits per heavy atom. The summed E-state index contributed by atoms with van der Waals surface area (Å²) in [7, 11) is 0. The molecule has 3 aliphatic heterocycles. The Bertz CT molecular complexity index is 1100. The monoisotopic (exact) mass is 498 g/mol. The van der Waals surface area contributed by atoms with Gasteiger partial charge in [-0.25, -0.2) is 18.7 Å². The normalized spacial score (nSPS) is 23.9. The Hall–Kier alpha value is -3.09. The third kappa shape index (κ3) is 5.14. The van der Waals surface area contributed by atoms with E-state index in [0.29, 0.717) is 44.8 Å². The lowest BCUT2D eigenvalue weighted by molar-refractivity contribution is -0.137. The number of pyridine rings is 1. The molecule has 1 amide bonds. The van der Waals surface area contributed by atoms with Gasteiger partial charge < -0.3 is 19.9 Å². The Kier molecular flexibility index (Phi) is 5.98. The average molecular weight is 498 g/mol. The minimum absolute atomic E-state index is 0.0215. The van der Waals surface area contributed by atoms with E-state index in [1.54, 1.807) is 11.0 Å². The number of rotatable bonds is 5. The van der Waals surface area contributed by atoms with E-state index in [9.17, 15) is 26.7 Å². The molecule has 2 atom stereocenters. The number of halogens is 5. The summed E-state index contributed by atoms with van der Waals surface area (Å²) in [6.07, 6.45) is -2.22. The van der Waals surface area contributed by atoms with Crippen LogP contribution in [-0.2, 0) is 15.7 Å². The molecule has 35 heavy (non-hydrogen) atoms. The topological polar surface area (TPSA) is 83.5 Å². The molecule has 8 nitrogen and oxygen atoms in total. The summed E-state index contributed by atoms with van der Waals surface area (Å²) < 4.78 is 71.5. The molecule has 2 aromatic heterocycles. The molecule has 5 heterocycles. The highest BCUT2D eigenvalue weighted by molar-refractivity contribution is 5.79. The van der Waals surface area contributed by atoms with Gasteiger partial charge in [-0.15, -0.1) is 0 Å². The molecule has 0 aliphatic carbocycles. The fourth-order valence-electron chi connectivity index (χ4n) is 4.52. The van der Waals surface area contributed by atoms with Crippen molar-refractivity contribution < 1.29 is 31.5 Å². The molecule has 188 valence electrons. The predicted molar refractivity (Wildman–Crippen MR) is 115 cm³/mol. The fourth-order valence-corrected chi connectivity index (χ4v) is 4.52. The van der Waals surface area contributed by atoms with E-state index in [4.69, 9.17) is 4.74 Å². The Labute approximate surface area is 197 Å². The summed E-state index contributed by atoms with van der Waals surface area (Å²) in [5, 5.41) is 2.75. The van der Waals surface area contributed by atoms with E-state index in [1.165, 1.54) is 4.90 Å². The van der Waals surface area contributed by atoms with Gasteiger partial charge in [0, 0.05) is 37.9 Å². The zero-order valence-electron chi connectivity index (χ0n) is 18.6. The van der Waals surface area contributed by atoms with Crippen LogP contribution in [0.2, 0.25) is 0 Å². The quantitative estimate of drug-likeness (QED) is 0.633. The van der Waals surface area contributed by atoms with Crippen LogP contribution in [0.25, 0.3) is 0 Å². The van der Waals surface area contributed by atoms with Crippen molar-refractivity contribution in [2.24, 2.45) is 5.92 Å². The SMILES string of the molecule is O=C(C1CCOC1)N1CCC(c2cc(Nc3cc(C(F)(F)F)ccn3)nc(N3CC(F)(F)C3)n2)C1. The number of hydrogen-bond acceptors (Lipinski definition) is 7. The number of carbonyl (C=O) groups is 1. The van der Waals surface area contributed by atoms with E-state index >= 15 is 0 Å². The number of ether oxygens (including phenoxy) is 1. The van der Waals surface area contributed by atoms with Crippen molar-refractivity contribution in [1.82, 2.24) is 19.9 Å². The summed E-state index contributed by atoms with van der Waals surface area (Å²) in [4.78, 5) is 28.5. The summed E-state index contributed by atoms with van der Waals surface area (Å²) in [6, 6.07) is 3.27. The Balaban J connectivity index is 1.39. The molecular weight excluding hydrogens is 475 g/mol. The highest BCUT2D eigenvalue weighted by Gasteiger charge is 2.45.